The Balaban J connectivity index is 2.17. The Morgan fingerprint density at radius 1 is 1.47 bits per heavy atom. The molecule has 1 fully saturated rings. The topological polar surface area (TPSA) is 89.3 Å². The third kappa shape index (κ3) is 3.04. The van der Waals surface area contributed by atoms with Crippen molar-refractivity contribution >= 4 is 21.4 Å². The van der Waals surface area contributed by atoms with Crippen LogP contribution in [0.25, 0.3) is 0 Å². The Hall–Kier alpha value is -1.63. The average Bonchev–Trinajstić information content (AvgIpc) is 2.63. The first-order valence-corrected chi connectivity index (χ1v) is 7.67. The van der Waals surface area contributed by atoms with Crippen LogP contribution in [-0.4, -0.2) is 31.9 Å². The number of carbonyl (C=O) groups excluding carboxylic acids is 1. The number of aryl methyl sites for hydroxylation is 1. The number of amides is 1. The van der Waals surface area contributed by atoms with Gasteiger partial charge in [-0.2, -0.15) is 0 Å². The van der Waals surface area contributed by atoms with Gasteiger partial charge in [0.2, 0.25) is 0 Å². The highest BCUT2D eigenvalue weighted by Crippen LogP contribution is 2.18. The summed E-state index contributed by atoms with van der Waals surface area (Å²) in [7, 11) is -3.08. The Morgan fingerprint density at radius 2 is 2.16 bits per heavy atom. The smallest absolute Gasteiger partial charge is 0.254 e. The molecule has 2 rings (SSSR count). The summed E-state index contributed by atoms with van der Waals surface area (Å²) in [6.45, 7) is 1.52. The van der Waals surface area contributed by atoms with Gasteiger partial charge in [0.1, 0.15) is 5.82 Å². The average molecular weight is 286 g/mol. The predicted octanol–water partition coefficient (Wildman–Crippen LogP) is 0.633. The molecule has 0 aliphatic carbocycles. The number of sulfone groups is 1. The maximum atomic E-state index is 13.8. The highest BCUT2D eigenvalue weighted by atomic mass is 32.2. The summed E-state index contributed by atoms with van der Waals surface area (Å²) in [4.78, 5) is 11.9. The van der Waals surface area contributed by atoms with Gasteiger partial charge in [-0.25, -0.2) is 12.8 Å². The summed E-state index contributed by atoms with van der Waals surface area (Å²) >= 11 is 0. The van der Waals surface area contributed by atoms with Crippen molar-refractivity contribution in [2.45, 2.75) is 19.4 Å². The standard InChI is InChI=1S/C12H15FN2O3S/c1-7-4-8(14)5-10(11(7)13)12(16)15-9-2-3-19(17,18)6-9/h4-5,9H,2-3,6,14H2,1H3,(H,15,16). The third-order valence-electron chi connectivity index (χ3n) is 3.09. The molecule has 0 spiro atoms. The highest BCUT2D eigenvalue weighted by molar-refractivity contribution is 7.91. The lowest BCUT2D eigenvalue weighted by molar-refractivity contribution is 0.0937. The summed E-state index contributed by atoms with van der Waals surface area (Å²) < 4.78 is 36.4. The van der Waals surface area contributed by atoms with Crippen LogP contribution < -0.4 is 11.1 Å². The van der Waals surface area contributed by atoms with Crippen molar-refractivity contribution in [2.24, 2.45) is 0 Å². The van der Waals surface area contributed by atoms with E-state index in [2.05, 4.69) is 5.32 Å². The van der Waals surface area contributed by atoms with Gasteiger partial charge < -0.3 is 11.1 Å². The number of hydrogen-bond donors (Lipinski definition) is 2. The van der Waals surface area contributed by atoms with Gasteiger partial charge >= 0.3 is 0 Å². The number of nitrogen functional groups attached to an aromatic ring is 1. The molecule has 1 unspecified atom stereocenters. The van der Waals surface area contributed by atoms with Crippen molar-refractivity contribution in [3.63, 3.8) is 0 Å². The number of benzene rings is 1. The van der Waals surface area contributed by atoms with Crippen molar-refractivity contribution in [1.29, 1.82) is 0 Å². The Morgan fingerprint density at radius 3 is 2.74 bits per heavy atom. The molecule has 0 saturated carbocycles. The van der Waals surface area contributed by atoms with Crippen LogP contribution in [-0.2, 0) is 9.84 Å². The largest absolute Gasteiger partial charge is 0.399 e. The SMILES string of the molecule is Cc1cc(N)cc(C(=O)NC2CCS(=O)(=O)C2)c1F. The van der Waals surface area contributed by atoms with E-state index in [4.69, 9.17) is 5.73 Å². The van der Waals surface area contributed by atoms with E-state index in [1.165, 1.54) is 19.1 Å². The van der Waals surface area contributed by atoms with Gasteiger partial charge in [-0.05, 0) is 31.0 Å². The van der Waals surface area contributed by atoms with E-state index in [1.807, 2.05) is 0 Å². The zero-order valence-electron chi connectivity index (χ0n) is 10.4. The van der Waals surface area contributed by atoms with E-state index in [1.54, 1.807) is 0 Å². The summed E-state index contributed by atoms with van der Waals surface area (Å²) in [5.41, 5.74) is 6.00. The maximum Gasteiger partial charge on any atom is 0.254 e. The monoisotopic (exact) mass is 286 g/mol. The summed E-state index contributed by atoms with van der Waals surface area (Å²) in [6.07, 6.45) is 0.358. The van der Waals surface area contributed by atoms with Gasteiger partial charge in [0.15, 0.2) is 9.84 Å². The fraction of sp³-hybridized carbons (Fsp3) is 0.417. The molecule has 1 amide bonds. The lowest BCUT2D eigenvalue weighted by atomic mass is 10.1. The molecule has 1 atom stereocenters. The molecule has 5 nitrogen and oxygen atoms in total. The zero-order chi connectivity index (χ0) is 14.2. The van der Waals surface area contributed by atoms with E-state index < -0.39 is 27.6 Å². The lowest BCUT2D eigenvalue weighted by Gasteiger charge is -2.12. The normalized spacial score (nSPS) is 21.3. The van der Waals surface area contributed by atoms with Gasteiger partial charge in [0.25, 0.3) is 5.91 Å². The molecule has 1 aliphatic rings. The molecular formula is C12H15FN2O3S. The van der Waals surface area contributed by atoms with Crippen LogP contribution >= 0.6 is 0 Å². The first kappa shape index (κ1) is 13.8. The van der Waals surface area contributed by atoms with Crippen molar-refractivity contribution in [3.8, 4) is 0 Å². The fourth-order valence-corrected chi connectivity index (χ4v) is 3.81. The molecule has 1 aromatic carbocycles. The number of nitrogens with two attached hydrogens (primary N) is 1. The van der Waals surface area contributed by atoms with Crippen molar-refractivity contribution in [3.05, 3.63) is 29.1 Å². The van der Waals surface area contributed by atoms with Crippen LogP contribution in [0.3, 0.4) is 0 Å². The first-order valence-electron chi connectivity index (χ1n) is 5.85. The first-order chi connectivity index (χ1) is 8.78. The summed E-state index contributed by atoms with van der Waals surface area (Å²) in [5.74, 6) is -1.31. The molecular weight excluding hydrogens is 271 g/mol. The molecule has 1 aliphatic heterocycles. The molecule has 1 saturated heterocycles. The predicted molar refractivity (Wildman–Crippen MR) is 70.1 cm³/mol. The van der Waals surface area contributed by atoms with Crippen LogP contribution in [0.4, 0.5) is 10.1 Å². The van der Waals surface area contributed by atoms with Crippen LogP contribution in [0.1, 0.15) is 22.3 Å². The molecule has 1 aromatic rings. The molecule has 19 heavy (non-hydrogen) atoms. The number of anilines is 1. The Bertz CT molecular complexity index is 628. The number of hydrogen-bond acceptors (Lipinski definition) is 4. The molecule has 0 bridgehead atoms. The van der Waals surface area contributed by atoms with Crippen molar-refractivity contribution < 1.29 is 17.6 Å². The van der Waals surface area contributed by atoms with Crippen LogP contribution in [0, 0.1) is 12.7 Å². The van der Waals surface area contributed by atoms with E-state index >= 15 is 0 Å². The van der Waals surface area contributed by atoms with Gasteiger partial charge in [-0.15, -0.1) is 0 Å². The lowest BCUT2D eigenvalue weighted by Crippen LogP contribution is -2.36. The highest BCUT2D eigenvalue weighted by Gasteiger charge is 2.29. The van der Waals surface area contributed by atoms with Gasteiger partial charge in [0.05, 0.1) is 17.1 Å². The summed E-state index contributed by atoms with van der Waals surface area (Å²) in [6, 6.07) is 2.23. The zero-order valence-corrected chi connectivity index (χ0v) is 11.3. The molecule has 0 aromatic heterocycles. The van der Waals surface area contributed by atoms with E-state index in [0.29, 0.717) is 12.1 Å². The molecule has 104 valence electrons. The number of rotatable bonds is 2. The number of carbonyl (C=O) groups is 1. The minimum atomic E-state index is -3.08. The quantitative estimate of drug-likeness (QED) is 0.780. The Labute approximate surface area is 110 Å². The molecule has 7 heteroatoms. The summed E-state index contributed by atoms with van der Waals surface area (Å²) in [5, 5.41) is 2.53. The minimum Gasteiger partial charge on any atom is -0.399 e. The molecule has 3 N–H and O–H groups in total. The maximum absolute atomic E-state index is 13.8. The van der Waals surface area contributed by atoms with E-state index in [9.17, 15) is 17.6 Å². The van der Waals surface area contributed by atoms with E-state index in [-0.39, 0.29) is 22.6 Å². The molecule has 0 radical (unpaired) electrons. The minimum absolute atomic E-state index is 0.0520. The van der Waals surface area contributed by atoms with Gasteiger partial charge in [-0.3, -0.25) is 4.79 Å². The van der Waals surface area contributed by atoms with Gasteiger partial charge in [-0.1, -0.05) is 0 Å². The third-order valence-corrected chi connectivity index (χ3v) is 4.86. The van der Waals surface area contributed by atoms with Crippen LogP contribution in [0.5, 0.6) is 0 Å². The van der Waals surface area contributed by atoms with Crippen molar-refractivity contribution in [1.82, 2.24) is 5.32 Å². The Kier molecular flexibility index (Phi) is 3.49. The number of nitrogens with one attached hydrogen (secondary N) is 1. The van der Waals surface area contributed by atoms with Crippen LogP contribution in [0.2, 0.25) is 0 Å². The van der Waals surface area contributed by atoms with Crippen LogP contribution in [0.15, 0.2) is 12.1 Å². The second-order valence-electron chi connectivity index (χ2n) is 4.77. The van der Waals surface area contributed by atoms with Crippen molar-refractivity contribution in [2.75, 3.05) is 17.2 Å². The second-order valence-corrected chi connectivity index (χ2v) is 7.00. The fourth-order valence-electron chi connectivity index (χ4n) is 2.13. The second kappa shape index (κ2) is 4.80. The van der Waals surface area contributed by atoms with E-state index in [0.717, 1.165) is 0 Å². The van der Waals surface area contributed by atoms with Gasteiger partial charge in [0, 0.05) is 11.7 Å². The number of halogens is 1. The molecule has 1 heterocycles.